The molecule has 1 heterocycles. The van der Waals surface area contributed by atoms with Crippen LogP contribution in [-0.2, 0) is 6.54 Å². The summed E-state index contributed by atoms with van der Waals surface area (Å²) in [5.41, 5.74) is 0. The summed E-state index contributed by atoms with van der Waals surface area (Å²) in [5.74, 6) is -0.580. The highest BCUT2D eigenvalue weighted by Crippen LogP contribution is 2.04. The van der Waals surface area contributed by atoms with Gasteiger partial charge in [0.1, 0.15) is 5.83 Å². The molecule has 4 nitrogen and oxygen atoms in total. The fourth-order valence-corrected chi connectivity index (χ4v) is 1.25. The molecular weight excluding hydrogens is 302 g/mol. The second-order valence-electron chi connectivity index (χ2n) is 2.71. The van der Waals surface area contributed by atoms with Crippen LogP contribution in [0, 0.1) is 6.92 Å². The van der Waals surface area contributed by atoms with Crippen molar-refractivity contribution >= 4 is 22.6 Å². The summed E-state index contributed by atoms with van der Waals surface area (Å²) in [5, 5.41) is 3.43. The van der Waals surface area contributed by atoms with E-state index in [4.69, 9.17) is 0 Å². The third-order valence-corrected chi connectivity index (χ3v) is 2.27. The van der Waals surface area contributed by atoms with Crippen molar-refractivity contribution in [3.05, 3.63) is 28.3 Å². The van der Waals surface area contributed by atoms with E-state index in [1.165, 1.54) is 6.08 Å². The highest BCUT2D eigenvalue weighted by Gasteiger charge is 2.07. The molecule has 0 aliphatic rings. The number of alkyl halides is 1. The van der Waals surface area contributed by atoms with Crippen molar-refractivity contribution in [2.75, 3.05) is 4.43 Å². The maximum absolute atomic E-state index is 13.1. The van der Waals surface area contributed by atoms with Gasteiger partial charge in [0, 0.05) is 4.43 Å². The topological polar surface area (TPSA) is 48.0 Å². The van der Waals surface area contributed by atoms with Crippen molar-refractivity contribution < 1.29 is 8.91 Å². The molecule has 0 N–H and O–H groups in total. The van der Waals surface area contributed by atoms with Crippen LogP contribution < -0.4 is 5.76 Å². The molecule has 1 rings (SSSR count). The van der Waals surface area contributed by atoms with E-state index in [0.29, 0.717) is 12.2 Å². The predicted octanol–water partition coefficient (Wildman–Crippen LogP) is 1.82. The summed E-state index contributed by atoms with van der Waals surface area (Å²) in [7, 11) is 0. The number of nitrogens with zero attached hydrogens (tertiary/aromatic N) is 2. The molecule has 1 aromatic heterocycles. The van der Waals surface area contributed by atoms with E-state index in [2.05, 4.69) is 32.3 Å². The van der Waals surface area contributed by atoms with E-state index >= 15 is 0 Å². The first-order valence-electron chi connectivity index (χ1n) is 4.08. The Morgan fingerprint density at radius 3 is 3.00 bits per heavy atom. The highest BCUT2D eigenvalue weighted by molar-refractivity contribution is 14.1. The zero-order valence-corrected chi connectivity index (χ0v) is 9.82. The lowest BCUT2D eigenvalue weighted by Crippen LogP contribution is -2.16. The van der Waals surface area contributed by atoms with Crippen LogP contribution in [0.25, 0.3) is 0 Å². The van der Waals surface area contributed by atoms with E-state index in [9.17, 15) is 9.18 Å². The smallest absolute Gasteiger partial charge is 0.296 e. The first-order valence-corrected chi connectivity index (χ1v) is 5.61. The molecule has 78 valence electrons. The number of allylic oxidation sites excluding steroid dienone is 2. The van der Waals surface area contributed by atoms with E-state index in [0.717, 1.165) is 8.99 Å². The molecular formula is C8H10FIN2O2. The lowest BCUT2D eigenvalue weighted by Gasteiger charge is -1.98. The van der Waals surface area contributed by atoms with Gasteiger partial charge in [-0.15, -0.1) is 0 Å². The van der Waals surface area contributed by atoms with Gasteiger partial charge in [-0.05, 0) is 13.3 Å². The lowest BCUT2D eigenvalue weighted by atomic mass is 10.4. The summed E-state index contributed by atoms with van der Waals surface area (Å²) < 4.78 is 19.5. The largest absolute Gasteiger partial charge is 0.441 e. The average Bonchev–Trinajstić information content (AvgIpc) is 2.46. The summed E-state index contributed by atoms with van der Waals surface area (Å²) in [6.07, 6.45) is 2.12. The van der Waals surface area contributed by atoms with Gasteiger partial charge in [-0.1, -0.05) is 33.8 Å². The molecule has 1 aromatic rings. The maximum atomic E-state index is 13.1. The Morgan fingerprint density at radius 1 is 1.79 bits per heavy atom. The van der Waals surface area contributed by atoms with Crippen LogP contribution in [0.1, 0.15) is 12.2 Å². The zero-order chi connectivity index (χ0) is 10.6. The first kappa shape index (κ1) is 11.4. The molecule has 6 heteroatoms. The normalized spacial score (nSPS) is 12.1. The molecule has 0 saturated heterocycles. The zero-order valence-electron chi connectivity index (χ0n) is 7.67. The molecule has 0 aliphatic carbocycles. The molecule has 0 fully saturated rings. The molecule has 0 unspecified atom stereocenters. The fourth-order valence-electron chi connectivity index (χ4n) is 0.942. The third-order valence-electron chi connectivity index (χ3n) is 1.65. The minimum Gasteiger partial charge on any atom is -0.296 e. The molecule has 0 saturated carbocycles. The lowest BCUT2D eigenvalue weighted by molar-refractivity contribution is 0.373. The predicted molar refractivity (Wildman–Crippen MR) is 58.2 cm³/mol. The number of aromatic nitrogens is 2. The summed E-state index contributed by atoms with van der Waals surface area (Å²) in [4.78, 5) is 11.0. The summed E-state index contributed by atoms with van der Waals surface area (Å²) in [6, 6.07) is 0. The van der Waals surface area contributed by atoms with Crippen molar-refractivity contribution in [1.29, 1.82) is 0 Å². The SMILES string of the molecule is Cc1noc(=O)n1C/C(F)=C\CCI. The van der Waals surface area contributed by atoms with Crippen LogP contribution in [0.15, 0.2) is 21.2 Å². The first-order chi connectivity index (χ1) is 6.65. The fraction of sp³-hybridized carbons (Fsp3) is 0.500. The standard InChI is InChI=1S/C8H10FIN2O2/c1-6-11-14-8(13)12(6)5-7(9)3-2-4-10/h3H,2,4-5H2,1H3/b7-3+. The minimum atomic E-state index is -0.625. The van der Waals surface area contributed by atoms with Crippen LogP contribution in [-0.4, -0.2) is 14.2 Å². The molecule has 14 heavy (non-hydrogen) atoms. The van der Waals surface area contributed by atoms with Gasteiger partial charge in [-0.2, -0.15) is 0 Å². The summed E-state index contributed by atoms with van der Waals surface area (Å²) >= 11 is 2.15. The monoisotopic (exact) mass is 312 g/mol. The van der Waals surface area contributed by atoms with Gasteiger partial charge in [0.2, 0.25) is 0 Å². The molecule has 0 amide bonds. The number of rotatable bonds is 4. The highest BCUT2D eigenvalue weighted by atomic mass is 127. The number of halogens is 2. The van der Waals surface area contributed by atoms with Crippen LogP contribution >= 0.6 is 22.6 Å². The molecule has 0 radical (unpaired) electrons. The van der Waals surface area contributed by atoms with Gasteiger partial charge in [0.25, 0.3) is 0 Å². The van der Waals surface area contributed by atoms with Gasteiger partial charge >= 0.3 is 5.76 Å². The van der Waals surface area contributed by atoms with Gasteiger partial charge in [0.15, 0.2) is 5.82 Å². The number of aryl methyl sites for hydroxylation is 1. The van der Waals surface area contributed by atoms with Crippen molar-refractivity contribution in [3.8, 4) is 0 Å². The second kappa shape index (κ2) is 5.28. The molecule has 0 bridgehead atoms. The molecule has 0 aromatic carbocycles. The van der Waals surface area contributed by atoms with Crippen molar-refractivity contribution in [2.24, 2.45) is 0 Å². The Labute approximate surface area is 93.9 Å². The Balaban J connectivity index is 2.74. The van der Waals surface area contributed by atoms with Crippen molar-refractivity contribution in [2.45, 2.75) is 19.9 Å². The number of hydrogen-bond donors (Lipinski definition) is 0. The molecule has 0 aliphatic heterocycles. The van der Waals surface area contributed by atoms with E-state index < -0.39 is 5.76 Å². The second-order valence-corrected chi connectivity index (χ2v) is 3.79. The van der Waals surface area contributed by atoms with Gasteiger partial charge in [-0.3, -0.25) is 9.09 Å². The van der Waals surface area contributed by atoms with Crippen LogP contribution in [0.3, 0.4) is 0 Å². The average molecular weight is 312 g/mol. The Kier molecular flexibility index (Phi) is 4.30. The molecule has 0 spiro atoms. The van der Waals surface area contributed by atoms with Crippen molar-refractivity contribution in [1.82, 2.24) is 9.72 Å². The van der Waals surface area contributed by atoms with Crippen LogP contribution in [0.2, 0.25) is 0 Å². The Morgan fingerprint density at radius 2 is 2.50 bits per heavy atom. The van der Waals surface area contributed by atoms with E-state index in [1.807, 2.05) is 0 Å². The minimum absolute atomic E-state index is 0.0925. The quantitative estimate of drug-likeness (QED) is 0.629. The van der Waals surface area contributed by atoms with Gasteiger partial charge in [0.05, 0.1) is 6.54 Å². The van der Waals surface area contributed by atoms with Gasteiger partial charge < -0.3 is 0 Å². The van der Waals surface area contributed by atoms with E-state index in [1.54, 1.807) is 6.92 Å². The summed E-state index contributed by atoms with van der Waals surface area (Å²) in [6.45, 7) is 1.50. The molecule has 0 atom stereocenters. The Hall–Kier alpha value is -0.660. The number of hydrogen-bond acceptors (Lipinski definition) is 3. The van der Waals surface area contributed by atoms with Crippen LogP contribution in [0.5, 0.6) is 0 Å². The third kappa shape index (κ3) is 2.93. The van der Waals surface area contributed by atoms with Gasteiger partial charge in [-0.25, -0.2) is 9.18 Å². The van der Waals surface area contributed by atoms with Crippen LogP contribution in [0.4, 0.5) is 4.39 Å². The van der Waals surface area contributed by atoms with Crippen molar-refractivity contribution in [3.63, 3.8) is 0 Å². The van der Waals surface area contributed by atoms with E-state index in [-0.39, 0.29) is 12.4 Å². The maximum Gasteiger partial charge on any atom is 0.441 e. The Bertz CT molecular complexity index is 383.